The molecule has 0 aliphatic carbocycles. The lowest BCUT2D eigenvalue weighted by molar-refractivity contribution is -0.384. The summed E-state index contributed by atoms with van der Waals surface area (Å²) in [5.41, 5.74) is 1.66. The summed E-state index contributed by atoms with van der Waals surface area (Å²) in [5.74, 6) is 0.547. The number of anilines is 1. The number of nitro benzene ring substituents is 1. The molecule has 1 heterocycles. The zero-order valence-electron chi connectivity index (χ0n) is 10.7. The minimum atomic E-state index is -0.424. The van der Waals surface area contributed by atoms with Crippen molar-refractivity contribution in [3.63, 3.8) is 0 Å². The molecule has 104 valence electrons. The van der Waals surface area contributed by atoms with E-state index in [1.165, 1.54) is 12.1 Å². The summed E-state index contributed by atoms with van der Waals surface area (Å²) in [5, 5.41) is 13.9. The summed E-state index contributed by atoms with van der Waals surface area (Å²) in [4.78, 5) is 14.4. The molecule has 0 unspecified atom stereocenters. The molecule has 0 saturated carbocycles. The number of non-ortho nitro benzene ring substituents is 1. The fourth-order valence-electron chi connectivity index (χ4n) is 1.60. The Morgan fingerprint density at radius 3 is 2.80 bits per heavy atom. The number of halogens is 1. The molecular formula is C13H12BrN3O3. The van der Waals surface area contributed by atoms with Crippen molar-refractivity contribution in [3.05, 3.63) is 56.7 Å². The Morgan fingerprint density at radius 1 is 1.40 bits per heavy atom. The molecule has 0 radical (unpaired) electrons. The smallest absolute Gasteiger partial charge is 0.271 e. The van der Waals surface area contributed by atoms with Crippen molar-refractivity contribution in [2.24, 2.45) is 0 Å². The van der Waals surface area contributed by atoms with Crippen molar-refractivity contribution < 1.29 is 9.66 Å². The van der Waals surface area contributed by atoms with E-state index < -0.39 is 4.92 Å². The lowest BCUT2D eigenvalue weighted by Crippen LogP contribution is -2.01. The van der Waals surface area contributed by atoms with Crippen molar-refractivity contribution in [3.8, 4) is 5.88 Å². The number of nitrogens with one attached hydrogen (secondary N) is 1. The Labute approximate surface area is 124 Å². The lowest BCUT2D eigenvalue weighted by Gasteiger charge is -2.08. The number of methoxy groups -OCH3 is 1. The van der Waals surface area contributed by atoms with E-state index in [4.69, 9.17) is 4.74 Å². The third kappa shape index (κ3) is 3.45. The van der Waals surface area contributed by atoms with Gasteiger partial charge in [-0.3, -0.25) is 10.1 Å². The summed E-state index contributed by atoms with van der Waals surface area (Å²) >= 11 is 3.36. The van der Waals surface area contributed by atoms with Crippen LogP contribution in [0.1, 0.15) is 5.56 Å². The second kappa shape index (κ2) is 6.33. The maximum atomic E-state index is 10.7. The van der Waals surface area contributed by atoms with Crippen LogP contribution >= 0.6 is 15.9 Å². The highest BCUT2D eigenvalue weighted by atomic mass is 79.9. The third-order valence-corrected chi connectivity index (χ3v) is 3.34. The first kappa shape index (κ1) is 14.3. The van der Waals surface area contributed by atoms with Gasteiger partial charge in [-0.05, 0) is 27.6 Å². The number of ether oxygens (including phenoxy) is 1. The van der Waals surface area contributed by atoms with Gasteiger partial charge in [-0.25, -0.2) is 4.98 Å². The molecule has 0 amide bonds. The Balaban J connectivity index is 2.09. The van der Waals surface area contributed by atoms with Crippen LogP contribution in [0.5, 0.6) is 5.88 Å². The molecule has 1 N–H and O–H groups in total. The molecule has 6 nitrogen and oxygen atoms in total. The van der Waals surface area contributed by atoms with Gasteiger partial charge >= 0.3 is 0 Å². The molecule has 2 rings (SSSR count). The van der Waals surface area contributed by atoms with Crippen LogP contribution in [-0.2, 0) is 6.54 Å². The van der Waals surface area contributed by atoms with Gasteiger partial charge in [0.15, 0.2) is 0 Å². The highest BCUT2D eigenvalue weighted by Crippen LogP contribution is 2.27. The normalized spacial score (nSPS) is 10.1. The lowest BCUT2D eigenvalue weighted by atomic mass is 10.2. The summed E-state index contributed by atoms with van der Waals surface area (Å²) in [6.45, 7) is 0.511. The number of pyridine rings is 1. The number of rotatable bonds is 5. The van der Waals surface area contributed by atoms with Crippen molar-refractivity contribution in [2.45, 2.75) is 6.54 Å². The first-order valence-corrected chi connectivity index (χ1v) is 6.56. The summed E-state index contributed by atoms with van der Waals surface area (Å²) in [6.07, 6.45) is 1.69. The largest absolute Gasteiger partial charge is 0.481 e. The van der Waals surface area contributed by atoms with E-state index >= 15 is 0 Å². The molecule has 1 aromatic carbocycles. The van der Waals surface area contributed by atoms with Crippen LogP contribution in [0.25, 0.3) is 0 Å². The van der Waals surface area contributed by atoms with Crippen LogP contribution in [0, 0.1) is 10.1 Å². The zero-order chi connectivity index (χ0) is 14.5. The third-order valence-electron chi connectivity index (χ3n) is 2.65. The van der Waals surface area contributed by atoms with E-state index in [1.54, 1.807) is 25.4 Å². The van der Waals surface area contributed by atoms with Crippen LogP contribution in [-0.4, -0.2) is 17.0 Å². The van der Waals surface area contributed by atoms with Crippen molar-refractivity contribution in [1.82, 2.24) is 4.98 Å². The van der Waals surface area contributed by atoms with E-state index in [0.29, 0.717) is 18.1 Å². The van der Waals surface area contributed by atoms with E-state index in [-0.39, 0.29) is 5.69 Å². The number of aromatic nitrogens is 1. The van der Waals surface area contributed by atoms with Crippen LogP contribution in [0.2, 0.25) is 0 Å². The van der Waals surface area contributed by atoms with Crippen LogP contribution in [0.4, 0.5) is 11.4 Å². The van der Waals surface area contributed by atoms with Crippen molar-refractivity contribution >= 4 is 27.3 Å². The Morgan fingerprint density at radius 2 is 2.20 bits per heavy atom. The predicted octanol–water partition coefficient (Wildman–Crippen LogP) is 3.37. The molecule has 0 atom stereocenters. The number of nitrogens with zero attached hydrogens (tertiary/aromatic N) is 2. The van der Waals surface area contributed by atoms with Crippen LogP contribution in [0.15, 0.2) is 41.0 Å². The van der Waals surface area contributed by atoms with Crippen molar-refractivity contribution in [2.75, 3.05) is 12.4 Å². The number of hydrogen-bond donors (Lipinski definition) is 1. The Bertz CT molecular complexity index is 617. The van der Waals surface area contributed by atoms with Crippen LogP contribution in [0.3, 0.4) is 0 Å². The average Bonchev–Trinajstić information content (AvgIpc) is 2.46. The van der Waals surface area contributed by atoms with Gasteiger partial charge in [0.1, 0.15) is 0 Å². The molecule has 2 aromatic rings. The van der Waals surface area contributed by atoms with E-state index in [0.717, 1.165) is 10.0 Å². The number of hydrogen-bond acceptors (Lipinski definition) is 5. The Hall–Kier alpha value is -2.15. The van der Waals surface area contributed by atoms with Gasteiger partial charge in [0, 0.05) is 35.4 Å². The fourth-order valence-corrected chi connectivity index (χ4v) is 1.98. The number of benzene rings is 1. The van der Waals surface area contributed by atoms with Gasteiger partial charge in [-0.1, -0.05) is 6.07 Å². The highest BCUT2D eigenvalue weighted by Gasteiger charge is 2.09. The highest BCUT2D eigenvalue weighted by molar-refractivity contribution is 9.10. The molecule has 1 aromatic heterocycles. The maximum Gasteiger partial charge on any atom is 0.271 e. The average molecular weight is 338 g/mol. The van der Waals surface area contributed by atoms with Gasteiger partial charge in [0.25, 0.3) is 5.69 Å². The molecule has 0 saturated heterocycles. The molecular weight excluding hydrogens is 326 g/mol. The van der Waals surface area contributed by atoms with Crippen molar-refractivity contribution in [1.29, 1.82) is 0 Å². The van der Waals surface area contributed by atoms with Gasteiger partial charge in [-0.2, -0.15) is 0 Å². The van der Waals surface area contributed by atoms with Gasteiger partial charge < -0.3 is 10.1 Å². The first-order valence-electron chi connectivity index (χ1n) is 5.77. The zero-order valence-corrected chi connectivity index (χ0v) is 12.3. The summed E-state index contributed by atoms with van der Waals surface area (Å²) in [7, 11) is 1.56. The second-order valence-corrected chi connectivity index (χ2v) is 4.84. The maximum absolute atomic E-state index is 10.7. The summed E-state index contributed by atoms with van der Waals surface area (Å²) in [6, 6.07) is 8.22. The molecule has 20 heavy (non-hydrogen) atoms. The topological polar surface area (TPSA) is 77.3 Å². The number of nitro groups is 1. The van der Waals surface area contributed by atoms with Gasteiger partial charge in [-0.15, -0.1) is 0 Å². The Kier molecular flexibility index (Phi) is 4.52. The minimum Gasteiger partial charge on any atom is -0.481 e. The fraction of sp³-hybridized carbons (Fsp3) is 0.154. The molecule has 7 heteroatoms. The molecule has 0 aliphatic rings. The van der Waals surface area contributed by atoms with Gasteiger partial charge in [0.05, 0.1) is 17.7 Å². The monoisotopic (exact) mass is 337 g/mol. The van der Waals surface area contributed by atoms with Gasteiger partial charge in [0.2, 0.25) is 5.88 Å². The van der Waals surface area contributed by atoms with E-state index in [9.17, 15) is 10.1 Å². The molecule has 0 bridgehead atoms. The molecule has 0 fully saturated rings. The molecule has 0 spiro atoms. The summed E-state index contributed by atoms with van der Waals surface area (Å²) < 4.78 is 5.75. The molecule has 0 aliphatic heterocycles. The van der Waals surface area contributed by atoms with E-state index in [2.05, 4.69) is 26.2 Å². The van der Waals surface area contributed by atoms with Crippen LogP contribution < -0.4 is 10.1 Å². The standard InChI is InChI=1S/C13H12BrN3O3/c1-20-13-5-2-9(8-16-13)7-15-12-6-10(17(18)19)3-4-11(12)14/h2-6,8,15H,7H2,1H3. The minimum absolute atomic E-state index is 0.0450. The quantitative estimate of drug-likeness (QED) is 0.668. The first-order chi connectivity index (χ1) is 9.60. The predicted molar refractivity (Wildman–Crippen MR) is 78.9 cm³/mol. The second-order valence-electron chi connectivity index (χ2n) is 3.98. The SMILES string of the molecule is COc1ccc(CNc2cc([N+](=O)[O-])ccc2Br)cn1. The van der Waals surface area contributed by atoms with E-state index in [1.807, 2.05) is 6.07 Å².